The van der Waals surface area contributed by atoms with Gasteiger partial charge in [0.25, 0.3) is 0 Å². The molecule has 0 aliphatic rings. The lowest BCUT2D eigenvalue weighted by Crippen LogP contribution is -2.01. The molecule has 2 heterocycles. The number of aromatic amines is 1. The fraction of sp³-hybridized carbons (Fsp3) is 0.333. The van der Waals surface area contributed by atoms with Gasteiger partial charge in [0.05, 0.1) is 12.0 Å². The molecule has 0 saturated heterocycles. The summed E-state index contributed by atoms with van der Waals surface area (Å²) in [5, 5.41) is 7.46. The van der Waals surface area contributed by atoms with Gasteiger partial charge < -0.3 is 9.15 Å². The molecule has 0 aliphatic heterocycles. The third kappa shape index (κ3) is 1.31. The van der Waals surface area contributed by atoms with Crippen LogP contribution in [0.1, 0.15) is 11.3 Å². The van der Waals surface area contributed by atoms with Crippen molar-refractivity contribution in [1.82, 2.24) is 10.2 Å². The lowest BCUT2D eigenvalue weighted by molar-refractivity contribution is 0.185. The summed E-state index contributed by atoms with van der Waals surface area (Å²) in [6.07, 6.45) is 0. The van der Waals surface area contributed by atoms with Gasteiger partial charge in [0.15, 0.2) is 0 Å². The summed E-state index contributed by atoms with van der Waals surface area (Å²) in [4.78, 5) is 11.1. The number of hydrogen-bond donors (Lipinski definition) is 1. The first kappa shape index (κ1) is 8.96. The first-order chi connectivity index (χ1) is 6.72. The maximum absolute atomic E-state index is 11.1. The molecular formula is C9H10N2O3. The van der Waals surface area contributed by atoms with E-state index in [-0.39, 0.29) is 0 Å². The van der Waals surface area contributed by atoms with Crippen LogP contribution in [0.5, 0.6) is 0 Å². The molecule has 0 unspecified atom stereocenters. The zero-order valence-corrected chi connectivity index (χ0v) is 7.96. The zero-order valence-electron chi connectivity index (χ0n) is 7.96. The molecule has 0 spiro atoms. The van der Waals surface area contributed by atoms with Gasteiger partial charge in [-0.15, -0.1) is 5.10 Å². The normalized spacial score (nSPS) is 11.0. The van der Waals surface area contributed by atoms with Gasteiger partial charge in [0, 0.05) is 18.9 Å². The van der Waals surface area contributed by atoms with Crippen molar-refractivity contribution < 1.29 is 9.15 Å². The number of nitrogens with zero attached hydrogens (tertiary/aromatic N) is 1. The molecule has 2 aromatic rings. The minimum Gasteiger partial charge on any atom is -0.402 e. The van der Waals surface area contributed by atoms with E-state index in [2.05, 4.69) is 10.2 Å². The molecule has 0 radical (unpaired) electrons. The Balaban J connectivity index is 2.77. The monoisotopic (exact) mass is 194 g/mol. The number of rotatable bonds is 2. The fourth-order valence-corrected chi connectivity index (χ4v) is 1.47. The van der Waals surface area contributed by atoms with Crippen molar-refractivity contribution in [2.24, 2.45) is 0 Å². The van der Waals surface area contributed by atoms with E-state index in [1.165, 1.54) is 6.07 Å². The minimum atomic E-state index is -0.406. The van der Waals surface area contributed by atoms with E-state index in [1.54, 1.807) is 7.11 Å². The Kier molecular flexibility index (Phi) is 2.09. The first-order valence-electron chi connectivity index (χ1n) is 4.19. The zero-order chi connectivity index (χ0) is 10.1. The van der Waals surface area contributed by atoms with Gasteiger partial charge >= 0.3 is 5.63 Å². The second-order valence-corrected chi connectivity index (χ2v) is 3.05. The van der Waals surface area contributed by atoms with Crippen LogP contribution in [0.25, 0.3) is 11.1 Å². The van der Waals surface area contributed by atoms with E-state index in [1.807, 2.05) is 6.92 Å². The Hall–Kier alpha value is -1.62. The van der Waals surface area contributed by atoms with E-state index in [0.29, 0.717) is 12.3 Å². The van der Waals surface area contributed by atoms with E-state index in [4.69, 9.17) is 9.15 Å². The summed E-state index contributed by atoms with van der Waals surface area (Å²) < 4.78 is 9.91. The molecule has 14 heavy (non-hydrogen) atoms. The van der Waals surface area contributed by atoms with Crippen molar-refractivity contribution in [1.29, 1.82) is 0 Å². The van der Waals surface area contributed by atoms with Crippen molar-refractivity contribution in [2.75, 3.05) is 7.11 Å². The molecule has 0 aliphatic carbocycles. The number of methoxy groups -OCH3 is 1. The van der Waals surface area contributed by atoms with E-state index >= 15 is 0 Å². The van der Waals surface area contributed by atoms with Crippen LogP contribution in [0.3, 0.4) is 0 Å². The number of aryl methyl sites for hydroxylation is 1. The number of ether oxygens (including phenoxy) is 1. The van der Waals surface area contributed by atoms with Crippen LogP contribution in [0, 0.1) is 6.92 Å². The lowest BCUT2D eigenvalue weighted by Gasteiger charge is -1.99. The van der Waals surface area contributed by atoms with Crippen LogP contribution < -0.4 is 5.63 Å². The average molecular weight is 194 g/mol. The number of aromatic nitrogens is 2. The smallest absolute Gasteiger partial charge is 0.337 e. The number of nitrogens with one attached hydrogen (secondary N) is 1. The predicted octanol–water partition coefficient (Wildman–Crippen LogP) is 0.971. The molecule has 0 bridgehead atoms. The lowest BCUT2D eigenvalue weighted by atomic mass is 10.2. The number of H-pyrrole nitrogens is 1. The molecule has 74 valence electrons. The van der Waals surface area contributed by atoms with Crippen LogP contribution in [-0.2, 0) is 11.3 Å². The largest absolute Gasteiger partial charge is 0.402 e. The fourth-order valence-electron chi connectivity index (χ4n) is 1.47. The first-order valence-corrected chi connectivity index (χ1v) is 4.19. The third-order valence-electron chi connectivity index (χ3n) is 2.02. The van der Waals surface area contributed by atoms with Crippen molar-refractivity contribution in [2.45, 2.75) is 13.5 Å². The SMILES string of the molecule is COCc1cc(=O)oc2n[nH]c(C)c12. The quantitative estimate of drug-likeness (QED) is 0.773. The molecule has 5 nitrogen and oxygen atoms in total. The minimum absolute atomic E-state index is 0.335. The number of fused-ring (bicyclic) bond motifs is 1. The van der Waals surface area contributed by atoms with Gasteiger partial charge in [0.2, 0.25) is 5.71 Å². The van der Waals surface area contributed by atoms with Crippen LogP contribution in [0.15, 0.2) is 15.3 Å². The molecule has 0 saturated carbocycles. The Labute approximate surface area is 79.7 Å². The highest BCUT2D eigenvalue weighted by Gasteiger charge is 2.10. The summed E-state index contributed by atoms with van der Waals surface area (Å²) >= 11 is 0. The molecule has 5 heteroatoms. The highest BCUT2D eigenvalue weighted by atomic mass is 16.5. The van der Waals surface area contributed by atoms with Crippen LogP contribution in [0.2, 0.25) is 0 Å². The van der Waals surface area contributed by atoms with Gasteiger partial charge in [0.1, 0.15) is 0 Å². The summed E-state index contributed by atoms with van der Waals surface area (Å²) in [5.74, 6) is 0. The maximum atomic E-state index is 11.1. The van der Waals surface area contributed by atoms with E-state index < -0.39 is 5.63 Å². The summed E-state index contributed by atoms with van der Waals surface area (Å²) in [6.45, 7) is 2.25. The highest BCUT2D eigenvalue weighted by Crippen LogP contribution is 2.18. The van der Waals surface area contributed by atoms with Gasteiger partial charge in [-0.2, -0.15) is 0 Å². The Morgan fingerprint density at radius 1 is 1.64 bits per heavy atom. The standard InChI is InChI=1S/C9H10N2O3/c1-5-8-6(4-13-2)3-7(12)14-9(8)11-10-5/h3H,4H2,1-2H3,(H,10,11). The van der Waals surface area contributed by atoms with Crippen LogP contribution in [0.4, 0.5) is 0 Å². The second-order valence-electron chi connectivity index (χ2n) is 3.05. The average Bonchev–Trinajstić information content (AvgIpc) is 2.48. The Morgan fingerprint density at radius 3 is 3.14 bits per heavy atom. The summed E-state index contributed by atoms with van der Waals surface area (Å²) in [6, 6.07) is 1.42. The van der Waals surface area contributed by atoms with E-state index in [0.717, 1.165) is 16.6 Å². The molecule has 0 amide bonds. The topological polar surface area (TPSA) is 68.1 Å². The molecule has 1 N–H and O–H groups in total. The predicted molar refractivity (Wildman–Crippen MR) is 50.1 cm³/mol. The summed E-state index contributed by atoms with van der Waals surface area (Å²) in [7, 11) is 1.58. The highest BCUT2D eigenvalue weighted by molar-refractivity contribution is 5.79. The van der Waals surface area contributed by atoms with Crippen LogP contribution >= 0.6 is 0 Å². The van der Waals surface area contributed by atoms with Crippen molar-refractivity contribution in [3.63, 3.8) is 0 Å². The third-order valence-corrected chi connectivity index (χ3v) is 2.02. The molecule has 0 fully saturated rings. The maximum Gasteiger partial charge on any atom is 0.337 e. The molecular weight excluding hydrogens is 184 g/mol. The van der Waals surface area contributed by atoms with Crippen molar-refractivity contribution in [3.8, 4) is 0 Å². The van der Waals surface area contributed by atoms with Gasteiger partial charge in [-0.3, -0.25) is 5.10 Å². The summed E-state index contributed by atoms with van der Waals surface area (Å²) in [5.41, 5.74) is 1.60. The van der Waals surface area contributed by atoms with Crippen molar-refractivity contribution in [3.05, 3.63) is 27.7 Å². The molecule has 0 aromatic carbocycles. The van der Waals surface area contributed by atoms with Crippen molar-refractivity contribution >= 4 is 11.1 Å². The molecule has 2 aromatic heterocycles. The van der Waals surface area contributed by atoms with Gasteiger partial charge in [-0.25, -0.2) is 4.79 Å². The second kappa shape index (κ2) is 3.26. The molecule has 0 atom stereocenters. The molecule has 2 rings (SSSR count). The Morgan fingerprint density at radius 2 is 2.43 bits per heavy atom. The van der Waals surface area contributed by atoms with Gasteiger partial charge in [-0.05, 0) is 12.5 Å². The number of hydrogen-bond acceptors (Lipinski definition) is 4. The van der Waals surface area contributed by atoms with Crippen LogP contribution in [-0.4, -0.2) is 17.3 Å². The van der Waals surface area contributed by atoms with E-state index in [9.17, 15) is 4.79 Å². The van der Waals surface area contributed by atoms with Gasteiger partial charge in [-0.1, -0.05) is 0 Å². The Bertz CT molecular complexity index is 512.